The van der Waals surface area contributed by atoms with Crippen LogP contribution in [0, 0.1) is 0 Å². The van der Waals surface area contributed by atoms with Crippen molar-refractivity contribution in [2.24, 2.45) is 0 Å². The lowest BCUT2D eigenvalue weighted by molar-refractivity contribution is 0.0912. The molecule has 112 valence electrons. The standard InChI is InChI=1S/C17H16ClN3O/c1-17(2,12-4-6-13(18)7-5-12)21-16(22)11-3-8-14-15(9-11)20-10-19-14/h3-10H,1-2H3,(H,19,20)(H,21,22). The first-order chi connectivity index (χ1) is 10.5. The van der Waals surface area contributed by atoms with E-state index in [-0.39, 0.29) is 5.91 Å². The fourth-order valence-corrected chi connectivity index (χ4v) is 2.50. The van der Waals surface area contributed by atoms with E-state index in [1.54, 1.807) is 18.5 Å². The van der Waals surface area contributed by atoms with Gasteiger partial charge in [-0.25, -0.2) is 4.98 Å². The molecule has 0 aliphatic heterocycles. The molecule has 0 aliphatic rings. The Bertz CT molecular complexity index is 821. The molecule has 3 aromatic rings. The molecule has 0 aliphatic carbocycles. The lowest BCUT2D eigenvalue weighted by Gasteiger charge is -2.27. The van der Waals surface area contributed by atoms with E-state index in [0.717, 1.165) is 16.6 Å². The minimum absolute atomic E-state index is 0.128. The lowest BCUT2D eigenvalue weighted by Crippen LogP contribution is -2.40. The van der Waals surface area contributed by atoms with E-state index in [2.05, 4.69) is 15.3 Å². The second-order valence-corrected chi connectivity index (χ2v) is 6.16. The van der Waals surface area contributed by atoms with Crippen LogP contribution in [-0.4, -0.2) is 15.9 Å². The molecule has 22 heavy (non-hydrogen) atoms. The van der Waals surface area contributed by atoms with Crippen molar-refractivity contribution in [3.63, 3.8) is 0 Å². The molecule has 2 aromatic carbocycles. The number of aromatic amines is 1. The van der Waals surface area contributed by atoms with Crippen molar-refractivity contribution in [1.82, 2.24) is 15.3 Å². The van der Waals surface area contributed by atoms with Crippen molar-refractivity contribution >= 4 is 28.5 Å². The molecule has 4 nitrogen and oxygen atoms in total. The molecule has 2 N–H and O–H groups in total. The number of hydrogen-bond donors (Lipinski definition) is 2. The Morgan fingerprint density at radius 2 is 1.91 bits per heavy atom. The molecule has 5 heteroatoms. The van der Waals surface area contributed by atoms with E-state index >= 15 is 0 Å². The molecule has 1 aromatic heterocycles. The topological polar surface area (TPSA) is 57.8 Å². The number of carbonyl (C=O) groups is 1. The van der Waals surface area contributed by atoms with E-state index in [9.17, 15) is 4.79 Å². The zero-order valence-electron chi connectivity index (χ0n) is 12.4. The van der Waals surface area contributed by atoms with E-state index < -0.39 is 5.54 Å². The third-order valence-electron chi connectivity index (χ3n) is 3.67. The number of amides is 1. The van der Waals surface area contributed by atoms with E-state index in [1.807, 2.05) is 44.2 Å². The van der Waals surface area contributed by atoms with Crippen molar-refractivity contribution in [2.45, 2.75) is 19.4 Å². The van der Waals surface area contributed by atoms with E-state index in [0.29, 0.717) is 10.6 Å². The second kappa shape index (κ2) is 5.46. The lowest BCUT2D eigenvalue weighted by atomic mass is 9.94. The highest BCUT2D eigenvalue weighted by Gasteiger charge is 2.23. The molecule has 0 unspecified atom stereocenters. The number of benzene rings is 2. The van der Waals surface area contributed by atoms with Crippen LogP contribution in [0.1, 0.15) is 29.8 Å². The summed E-state index contributed by atoms with van der Waals surface area (Å²) in [5.74, 6) is -0.128. The minimum Gasteiger partial charge on any atom is -0.345 e. The number of hydrogen-bond acceptors (Lipinski definition) is 2. The Kier molecular flexibility index (Phi) is 3.62. The van der Waals surface area contributed by atoms with Gasteiger partial charge in [0.2, 0.25) is 0 Å². The summed E-state index contributed by atoms with van der Waals surface area (Å²) >= 11 is 5.91. The van der Waals surface area contributed by atoms with Gasteiger partial charge in [-0.2, -0.15) is 0 Å². The molecule has 0 spiro atoms. The van der Waals surface area contributed by atoms with E-state index in [4.69, 9.17) is 11.6 Å². The number of imidazole rings is 1. The van der Waals surface area contributed by atoms with Crippen LogP contribution >= 0.6 is 11.6 Å². The summed E-state index contributed by atoms with van der Waals surface area (Å²) in [5, 5.41) is 3.73. The summed E-state index contributed by atoms with van der Waals surface area (Å²) in [4.78, 5) is 19.7. The molecule has 0 saturated heterocycles. The molecular formula is C17H16ClN3O. The smallest absolute Gasteiger partial charge is 0.252 e. The molecule has 0 atom stereocenters. The monoisotopic (exact) mass is 313 g/mol. The molecule has 1 amide bonds. The third-order valence-corrected chi connectivity index (χ3v) is 3.93. The summed E-state index contributed by atoms with van der Waals surface area (Å²) in [7, 11) is 0. The van der Waals surface area contributed by atoms with Crippen LogP contribution in [0.15, 0.2) is 48.8 Å². The van der Waals surface area contributed by atoms with Crippen LogP contribution in [0.2, 0.25) is 5.02 Å². The predicted molar refractivity (Wildman–Crippen MR) is 88.0 cm³/mol. The minimum atomic E-state index is -0.495. The molecule has 3 rings (SSSR count). The number of nitrogens with one attached hydrogen (secondary N) is 2. The molecule has 0 saturated carbocycles. The normalized spacial score (nSPS) is 11.6. The Morgan fingerprint density at radius 3 is 2.64 bits per heavy atom. The van der Waals surface area contributed by atoms with Crippen LogP contribution in [0.25, 0.3) is 11.0 Å². The maximum Gasteiger partial charge on any atom is 0.252 e. The Labute approximate surface area is 133 Å². The van der Waals surface area contributed by atoms with Crippen LogP contribution in [0.3, 0.4) is 0 Å². The predicted octanol–water partition coefficient (Wildman–Crippen LogP) is 3.88. The number of carbonyl (C=O) groups excluding carboxylic acids is 1. The van der Waals surface area contributed by atoms with Crippen LogP contribution in [-0.2, 0) is 5.54 Å². The fraction of sp³-hybridized carbons (Fsp3) is 0.176. The molecule has 1 heterocycles. The number of H-pyrrole nitrogens is 1. The number of rotatable bonds is 3. The molecule has 0 fully saturated rings. The highest BCUT2D eigenvalue weighted by Crippen LogP contribution is 2.23. The number of nitrogens with zero attached hydrogens (tertiary/aromatic N) is 1. The van der Waals surface area contributed by atoms with Crippen molar-refractivity contribution in [1.29, 1.82) is 0 Å². The Balaban J connectivity index is 1.84. The second-order valence-electron chi connectivity index (χ2n) is 5.72. The van der Waals surface area contributed by atoms with Crippen LogP contribution in [0.5, 0.6) is 0 Å². The van der Waals surface area contributed by atoms with Crippen LogP contribution < -0.4 is 5.32 Å². The highest BCUT2D eigenvalue weighted by molar-refractivity contribution is 6.30. The number of halogens is 1. The van der Waals surface area contributed by atoms with Gasteiger partial charge in [-0.05, 0) is 49.7 Å². The van der Waals surface area contributed by atoms with Crippen molar-refractivity contribution in [2.75, 3.05) is 0 Å². The van der Waals surface area contributed by atoms with Gasteiger partial charge in [0, 0.05) is 10.6 Å². The summed E-state index contributed by atoms with van der Waals surface area (Å²) in [6.07, 6.45) is 1.62. The van der Waals surface area contributed by atoms with Gasteiger partial charge in [0.1, 0.15) is 0 Å². The largest absolute Gasteiger partial charge is 0.345 e. The first-order valence-corrected chi connectivity index (χ1v) is 7.35. The first-order valence-electron chi connectivity index (χ1n) is 6.97. The summed E-state index contributed by atoms with van der Waals surface area (Å²) in [6.45, 7) is 3.92. The van der Waals surface area contributed by atoms with Gasteiger partial charge in [0.05, 0.1) is 22.9 Å². The molecule has 0 radical (unpaired) electrons. The van der Waals surface area contributed by atoms with Gasteiger partial charge in [0.25, 0.3) is 5.91 Å². The van der Waals surface area contributed by atoms with Crippen molar-refractivity contribution < 1.29 is 4.79 Å². The van der Waals surface area contributed by atoms with Crippen LogP contribution in [0.4, 0.5) is 0 Å². The third kappa shape index (κ3) is 2.83. The Hall–Kier alpha value is -2.33. The summed E-state index contributed by atoms with van der Waals surface area (Å²) in [6, 6.07) is 12.9. The average molecular weight is 314 g/mol. The van der Waals surface area contributed by atoms with Gasteiger partial charge >= 0.3 is 0 Å². The van der Waals surface area contributed by atoms with Gasteiger partial charge in [-0.15, -0.1) is 0 Å². The Morgan fingerprint density at radius 1 is 1.18 bits per heavy atom. The van der Waals surface area contributed by atoms with Crippen molar-refractivity contribution in [3.8, 4) is 0 Å². The number of fused-ring (bicyclic) bond motifs is 1. The molecule has 0 bridgehead atoms. The maximum absolute atomic E-state index is 12.5. The fourth-order valence-electron chi connectivity index (χ4n) is 2.37. The average Bonchev–Trinajstić information content (AvgIpc) is 2.94. The van der Waals surface area contributed by atoms with Crippen molar-refractivity contribution in [3.05, 3.63) is 64.9 Å². The SMILES string of the molecule is CC(C)(NC(=O)c1ccc2nc[nH]c2c1)c1ccc(Cl)cc1. The molecular weight excluding hydrogens is 298 g/mol. The zero-order chi connectivity index (χ0) is 15.7. The first kappa shape index (κ1) is 14.6. The van der Waals surface area contributed by atoms with Gasteiger partial charge < -0.3 is 10.3 Å². The summed E-state index contributed by atoms with van der Waals surface area (Å²) < 4.78 is 0. The quantitative estimate of drug-likeness (QED) is 0.771. The van der Waals surface area contributed by atoms with Gasteiger partial charge in [-0.3, -0.25) is 4.79 Å². The summed E-state index contributed by atoms with van der Waals surface area (Å²) in [5.41, 5.74) is 2.78. The van der Waals surface area contributed by atoms with Gasteiger partial charge in [-0.1, -0.05) is 23.7 Å². The van der Waals surface area contributed by atoms with E-state index in [1.165, 1.54) is 0 Å². The highest BCUT2D eigenvalue weighted by atomic mass is 35.5. The van der Waals surface area contributed by atoms with Gasteiger partial charge in [0.15, 0.2) is 0 Å². The maximum atomic E-state index is 12.5. The zero-order valence-corrected chi connectivity index (χ0v) is 13.1. The number of aromatic nitrogens is 2.